The molecule has 0 heterocycles. The third-order valence-electron chi connectivity index (χ3n) is 2.62. The van der Waals surface area contributed by atoms with Crippen LogP contribution in [0, 0.1) is 0 Å². The van der Waals surface area contributed by atoms with Crippen molar-refractivity contribution in [3.05, 3.63) is 48.5 Å². The second-order valence-corrected chi connectivity index (χ2v) is 4.93. The fraction of sp³-hybridized carbons (Fsp3) is 0.133. The molecule has 5 heteroatoms. The summed E-state index contributed by atoms with van der Waals surface area (Å²) in [7, 11) is 0. The highest BCUT2D eigenvalue weighted by atomic mass is 32.2. The van der Waals surface area contributed by atoms with E-state index >= 15 is 0 Å². The van der Waals surface area contributed by atoms with Crippen molar-refractivity contribution >= 4 is 23.4 Å². The van der Waals surface area contributed by atoms with E-state index in [-0.39, 0.29) is 12.5 Å². The largest absolute Gasteiger partial charge is 0.457 e. The average molecular weight is 288 g/mol. The Morgan fingerprint density at radius 2 is 1.65 bits per heavy atom. The molecular formula is C15H16N2O2S. The fourth-order valence-corrected chi connectivity index (χ4v) is 2.01. The first-order valence-electron chi connectivity index (χ1n) is 6.13. The molecule has 104 valence electrons. The number of nitrogens with two attached hydrogens (primary N) is 1. The number of carbonyl (C=O) groups excluding carboxylic acids is 1. The van der Waals surface area contributed by atoms with Crippen LogP contribution in [-0.2, 0) is 4.79 Å². The standard InChI is InChI=1S/C15H16N2O2S/c1-20-14-8-6-13(7-9-14)19-12-4-2-11(3-5-12)17-15(18)10-16/h2-9H,10,16H2,1H3,(H,17,18). The van der Waals surface area contributed by atoms with Crippen LogP contribution in [0.3, 0.4) is 0 Å². The molecular weight excluding hydrogens is 272 g/mol. The molecule has 2 aromatic rings. The van der Waals surface area contributed by atoms with Gasteiger partial charge in [0.2, 0.25) is 5.91 Å². The van der Waals surface area contributed by atoms with Gasteiger partial charge in [-0.2, -0.15) is 0 Å². The number of hydrogen-bond acceptors (Lipinski definition) is 4. The first-order valence-corrected chi connectivity index (χ1v) is 7.35. The molecule has 0 aliphatic rings. The van der Waals surface area contributed by atoms with E-state index in [1.807, 2.05) is 30.5 Å². The van der Waals surface area contributed by atoms with Crippen LogP contribution >= 0.6 is 11.8 Å². The molecule has 0 aliphatic carbocycles. The van der Waals surface area contributed by atoms with Gasteiger partial charge in [-0.15, -0.1) is 11.8 Å². The molecule has 4 nitrogen and oxygen atoms in total. The van der Waals surface area contributed by atoms with Crippen molar-refractivity contribution in [3.8, 4) is 11.5 Å². The molecule has 0 saturated heterocycles. The van der Waals surface area contributed by atoms with E-state index in [2.05, 4.69) is 5.32 Å². The van der Waals surface area contributed by atoms with Gasteiger partial charge in [0, 0.05) is 10.6 Å². The molecule has 0 spiro atoms. The van der Waals surface area contributed by atoms with E-state index in [1.165, 1.54) is 4.90 Å². The van der Waals surface area contributed by atoms with Crippen molar-refractivity contribution in [1.82, 2.24) is 0 Å². The number of rotatable bonds is 5. The Kier molecular flexibility index (Phi) is 5.03. The minimum absolute atomic E-state index is 0.0277. The van der Waals surface area contributed by atoms with E-state index in [4.69, 9.17) is 10.5 Å². The number of hydrogen-bond donors (Lipinski definition) is 2. The highest BCUT2D eigenvalue weighted by Crippen LogP contribution is 2.25. The third kappa shape index (κ3) is 4.01. The lowest BCUT2D eigenvalue weighted by Gasteiger charge is -2.08. The molecule has 0 saturated carbocycles. The maximum Gasteiger partial charge on any atom is 0.238 e. The zero-order valence-electron chi connectivity index (χ0n) is 11.1. The monoisotopic (exact) mass is 288 g/mol. The Morgan fingerprint density at radius 1 is 1.10 bits per heavy atom. The zero-order chi connectivity index (χ0) is 14.4. The van der Waals surface area contributed by atoms with E-state index < -0.39 is 0 Å². The van der Waals surface area contributed by atoms with Gasteiger partial charge < -0.3 is 15.8 Å². The summed E-state index contributed by atoms with van der Waals surface area (Å²) in [6.45, 7) is -0.0277. The van der Waals surface area contributed by atoms with Crippen molar-refractivity contribution in [2.75, 3.05) is 18.1 Å². The lowest BCUT2D eigenvalue weighted by molar-refractivity contribution is -0.114. The number of amides is 1. The molecule has 1 amide bonds. The molecule has 20 heavy (non-hydrogen) atoms. The zero-order valence-corrected chi connectivity index (χ0v) is 11.9. The van der Waals surface area contributed by atoms with Gasteiger partial charge in [-0.3, -0.25) is 4.79 Å². The smallest absolute Gasteiger partial charge is 0.238 e. The quantitative estimate of drug-likeness (QED) is 0.830. The number of carbonyl (C=O) groups is 1. The van der Waals surface area contributed by atoms with Crippen LogP contribution < -0.4 is 15.8 Å². The van der Waals surface area contributed by atoms with Crippen LogP contribution in [0.25, 0.3) is 0 Å². The van der Waals surface area contributed by atoms with Gasteiger partial charge in [-0.05, 0) is 54.8 Å². The summed E-state index contributed by atoms with van der Waals surface area (Å²) in [6, 6.07) is 15.0. The number of benzene rings is 2. The van der Waals surface area contributed by atoms with Crippen LogP contribution in [0.5, 0.6) is 11.5 Å². The van der Waals surface area contributed by atoms with Gasteiger partial charge in [0.25, 0.3) is 0 Å². The molecule has 2 rings (SSSR count). The molecule has 2 aromatic carbocycles. The Morgan fingerprint density at radius 3 is 2.15 bits per heavy atom. The molecule has 0 unspecified atom stereocenters. The second-order valence-electron chi connectivity index (χ2n) is 4.05. The molecule has 0 radical (unpaired) electrons. The van der Waals surface area contributed by atoms with E-state index in [0.29, 0.717) is 11.4 Å². The van der Waals surface area contributed by atoms with Gasteiger partial charge >= 0.3 is 0 Å². The summed E-state index contributed by atoms with van der Waals surface area (Å²) >= 11 is 1.69. The van der Waals surface area contributed by atoms with Crippen LogP contribution in [0.1, 0.15) is 0 Å². The van der Waals surface area contributed by atoms with Crippen LogP contribution in [0.4, 0.5) is 5.69 Å². The number of nitrogens with one attached hydrogen (secondary N) is 1. The summed E-state index contributed by atoms with van der Waals surface area (Å²) in [6.07, 6.45) is 2.03. The number of thioether (sulfide) groups is 1. The summed E-state index contributed by atoms with van der Waals surface area (Å²) in [4.78, 5) is 12.3. The maximum absolute atomic E-state index is 11.1. The third-order valence-corrected chi connectivity index (χ3v) is 3.36. The van der Waals surface area contributed by atoms with Gasteiger partial charge in [0.1, 0.15) is 11.5 Å². The van der Waals surface area contributed by atoms with Crippen molar-refractivity contribution in [1.29, 1.82) is 0 Å². The van der Waals surface area contributed by atoms with Crippen molar-refractivity contribution in [2.45, 2.75) is 4.90 Å². The van der Waals surface area contributed by atoms with Crippen LogP contribution in [0.15, 0.2) is 53.4 Å². The predicted octanol–water partition coefficient (Wildman–Crippen LogP) is 3.10. The van der Waals surface area contributed by atoms with E-state index in [9.17, 15) is 4.79 Å². The van der Waals surface area contributed by atoms with Gasteiger partial charge in [-0.1, -0.05) is 0 Å². The van der Waals surface area contributed by atoms with Crippen LogP contribution in [0.2, 0.25) is 0 Å². The van der Waals surface area contributed by atoms with Crippen LogP contribution in [-0.4, -0.2) is 18.7 Å². The lowest BCUT2D eigenvalue weighted by atomic mass is 10.3. The number of anilines is 1. The molecule has 0 aliphatic heterocycles. The summed E-state index contributed by atoms with van der Waals surface area (Å²) in [5, 5.41) is 2.68. The molecule has 0 fully saturated rings. The average Bonchev–Trinajstić information content (AvgIpc) is 2.50. The topological polar surface area (TPSA) is 64.3 Å². The molecule has 0 aromatic heterocycles. The summed E-state index contributed by atoms with van der Waals surface area (Å²) in [5.41, 5.74) is 5.94. The Labute approximate surface area is 122 Å². The van der Waals surface area contributed by atoms with Gasteiger partial charge in [0.15, 0.2) is 0 Å². The first-order chi connectivity index (χ1) is 9.71. The highest BCUT2D eigenvalue weighted by Gasteiger charge is 2.01. The summed E-state index contributed by atoms with van der Waals surface area (Å²) < 4.78 is 5.72. The SMILES string of the molecule is CSc1ccc(Oc2ccc(NC(=O)CN)cc2)cc1. The van der Waals surface area contributed by atoms with Gasteiger partial charge in [-0.25, -0.2) is 0 Å². The van der Waals surface area contributed by atoms with E-state index in [0.717, 1.165) is 5.75 Å². The molecule has 0 bridgehead atoms. The Hall–Kier alpha value is -1.98. The van der Waals surface area contributed by atoms with Crippen molar-refractivity contribution < 1.29 is 9.53 Å². The lowest BCUT2D eigenvalue weighted by Crippen LogP contribution is -2.21. The highest BCUT2D eigenvalue weighted by molar-refractivity contribution is 7.98. The normalized spacial score (nSPS) is 10.1. The Bertz CT molecular complexity index is 567. The Balaban J connectivity index is 2.00. The predicted molar refractivity (Wildman–Crippen MR) is 82.4 cm³/mol. The second kappa shape index (κ2) is 6.98. The van der Waals surface area contributed by atoms with Gasteiger partial charge in [0.05, 0.1) is 6.54 Å². The maximum atomic E-state index is 11.1. The fourth-order valence-electron chi connectivity index (χ4n) is 1.60. The minimum atomic E-state index is -0.216. The molecule has 3 N–H and O–H groups in total. The molecule has 0 atom stereocenters. The van der Waals surface area contributed by atoms with E-state index in [1.54, 1.807) is 36.0 Å². The van der Waals surface area contributed by atoms with Crippen molar-refractivity contribution in [2.24, 2.45) is 5.73 Å². The first kappa shape index (κ1) is 14.4. The summed E-state index contributed by atoms with van der Waals surface area (Å²) in [5.74, 6) is 1.28. The van der Waals surface area contributed by atoms with Crippen molar-refractivity contribution in [3.63, 3.8) is 0 Å². The minimum Gasteiger partial charge on any atom is -0.457 e. The number of ether oxygens (including phenoxy) is 1.